The lowest BCUT2D eigenvalue weighted by Gasteiger charge is -2.34. The van der Waals surface area contributed by atoms with Gasteiger partial charge in [-0.2, -0.15) is 0 Å². The van der Waals surface area contributed by atoms with Gasteiger partial charge in [-0.25, -0.2) is 9.97 Å². The van der Waals surface area contributed by atoms with E-state index in [9.17, 15) is 0 Å². The van der Waals surface area contributed by atoms with E-state index in [0.717, 1.165) is 52.2 Å². The highest BCUT2D eigenvalue weighted by Gasteiger charge is 2.23. The minimum absolute atomic E-state index is 0.653. The molecule has 2 aromatic heterocycles. The zero-order valence-corrected chi connectivity index (χ0v) is 16.8. The molecule has 0 radical (unpaired) electrons. The van der Waals surface area contributed by atoms with Gasteiger partial charge in [0.05, 0.1) is 25.0 Å². The van der Waals surface area contributed by atoms with Gasteiger partial charge in [-0.15, -0.1) is 0 Å². The predicted octanol–water partition coefficient (Wildman–Crippen LogP) is 5.54. The molecule has 0 bridgehead atoms. The summed E-state index contributed by atoms with van der Waals surface area (Å²) in [6.07, 6.45) is 0. The summed E-state index contributed by atoms with van der Waals surface area (Å²) in [6.45, 7) is 3.67. The zero-order valence-electron chi connectivity index (χ0n) is 13.7. The van der Waals surface area contributed by atoms with Gasteiger partial charge in [0.1, 0.15) is 5.52 Å². The number of benzene rings is 2. The number of nitrogens with zero attached hydrogens (tertiary/aromatic N) is 4. The molecule has 0 aliphatic carbocycles. The first-order valence-corrected chi connectivity index (χ1v) is 10.7. The molecule has 0 N–H and O–H groups in total. The largest absolute Gasteiger partial charge is 0.345 e. The van der Waals surface area contributed by atoms with E-state index in [0.29, 0.717) is 10.0 Å². The van der Waals surface area contributed by atoms with Crippen molar-refractivity contribution in [3.63, 3.8) is 0 Å². The number of rotatable bonds is 2. The van der Waals surface area contributed by atoms with Crippen molar-refractivity contribution >= 4 is 76.6 Å². The van der Waals surface area contributed by atoms with Gasteiger partial charge in [0.2, 0.25) is 0 Å². The molecule has 0 atom stereocenters. The van der Waals surface area contributed by atoms with Crippen molar-refractivity contribution in [1.29, 1.82) is 0 Å². The second-order valence-corrected chi connectivity index (χ2v) is 8.94. The molecule has 1 aliphatic rings. The maximum Gasteiger partial charge on any atom is 0.186 e. The van der Waals surface area contributed by atoms with E-state index in [1.807, 2.05) is 12.1 Å². The van der Waals surface area contributed by atoms with Crippen LogP contribution < -0.4 is 9.80 Å². The molecule has 0 unspecified atom stereocenters. The Kier molecular flexibility index (Phi) is 4.16. The molecule has 4 nitrogen and oxygen atoms in total. The van der Waals surface area contributed by atoms with Crippen LogP contribution in [0, 0.1) is 0 Å². The first kappa shape index (κ1) is 16.6. The van der Waals surface area contributed by atoms with Gasteiger partial charge in [-0.05, 0) is 24.3 Å². The summed E-state index contributed by atoms with van der Waals surface area (Å²) in [7, 11) is 0. The number of hydrogen-bond donors (Lipinski definition) is 0. The lowest BCUT2D eigenvalue weighted by molar-refractivity contribution is 0.651. The molecule has 4 aromatic rings. The molecule has 3 heterocycles. The molecular weight excluding hydrogens is 407 g/mol. The number of halogens is 2. The summed E-state index contributed by atoms with van der Waals surface area (Å²) < 4.78 is 2.20. The van der Waals surface area contributed by atoms with E-state index in [-0.39, 0.29) is 0 Å². The lowest BCUT2D eigenvalue weighted by atomic mass is 10.3. The second-order valence-electron chi connectivity index (χ2n) is 6.14. The third kappa shape index (κ3) is 2.81. The van der Waals surface area contributed by atoms with Gasteiger partial charge in [-0.3, -0.25) is 0 Å². The Morgan fingerprint density at radius 3 is 2.12 bits per heavy atom. The molecule has 1 aliphatic heterocycles. The highest BCUT2D eigenvalue weighted by molar-refractivity contribution is 7.23. The van der Waals surface area contributed by atoms with Crippen molar-refractivity contribution in [3.05, 3.63) is 46.4 Å². The molecule has 1 saturated heterocycles. The predicted molar refractivity (Wildman–Crippen MR) is 114 cm³/mol. The number of para-hydroxylation sites is 1. The van der Waals surface area contributed by atoms with Crippen molar-refractivity contribution in [2.45, 2.75) is 0 Å². The van der Waals surface area contributed by atoms with Crippen molar-refractivity contribution in [2.24, 2.45) is 0 Å². The van der Waals surface area contributed by atoms with Crippen LogP contribution in [0.4, 0.5) is 10.3 Å². The number of anilines is 2. The Labute approximate surface area is 168 Å². The van der Waals surface area contributed by atoms with Crippen LogP contribution in [-0.2, 0) is 0 Å². The average molecular weight is 421 g/mol. The number of hydrogen-bond acceptors (Lipinski definition) is 6. The van der Waals surface area contributed by atoms with Crippen molar-refractivity contribution in [1.82, 2.24) is 9.97 Å². The summed E-state index contributed by atoms with van der Waals surface area (Å²) in [4.78, 5) is 14.2. The molecule has 5 rings (SSSR count). The van der Waals surface area contributed by atoms with Gasteiger partial charge < -0.3 is 9.80 Å². The van der Waals surface area contributed by atoms with Crippen LogP contribution >= 0.6 is 45.9 Å². The van der Waals surface area contributed by atoms with E-state index < -0.39 is 0 Å². The maximum absolute atomic E-state index is 6.30. The normalized spacial score (nSPS) is 15.3. The minimum atomic E-state index is 0.653. The van der Waals surface area contributed by atoms with Crippen LogP contribution in [0.5, 0.6) is 0 Å². The van der Waals surface area contributed by atoms with E-state index in [4.69, 9.17) is 33.2 Å². The quantitative estimate of drug-likeness (QED) is 0.426. The molecule has 26 heavy (non-hydrogen) atoms. The monoisotopic (exact) mass is 420 g/mol. The van der Waals surface area contributed by atoms with Gasteiger partial charge in [0.15, 0.2) is 10.3 Å². The Bertz CT molecular complexity index is 1030. The number of fused-ring (bicyclic) bond motifs is 2. The molecular formula is C18H14Cl2N4S2. The SMILES string of the molecule is Clc1ccc(Cl)c2sc(N3CCN(c4nc5ccccc5s4)CC3)nc12. The fraction of sp³-hybridized carbons (Fsp3) is 0.222. The van der Waals surface area contributed by atoms with E-state index >= 15 is 0 Å². The average Bonchev–Trinajstić information content (AvgIpc) is 3.30. The fourth-order valence-electron chi connectivity index (χ4n) is 3.15. The molecule has 1 fully saturated rings. The van der Waals surface area contributed by atoms with Crippen LogP contribution in [0.3, 0.4) is 0 Å². The number of aromatic nitrogens is 2. The Balaban J connectivity index is 1.37. The highest BCUT2D eigenvalue weighted by Crippen LogP contribution is 2.38. The number of thiazole rings is 2. The molecule has 0 spiro atoms. The van der Waals surface area contributed by atoms with Gasteiger partial charge >= 0.3 is 0 Å². The third-order valence-electron chi connectivity index (χ3n) is 4.54. The standard InChI is InChI=1S/C18H14Cl2N4S2/c19-11-5-6-12(20)16-15(11)22-18(26-16)24-9-7-23(8-10-24)17-21-13-3-1-2-4-14(13)25-17/h1-6H,7-10H2. The zero-order chi connectivity index (χ0) is 17.7. The van der Waals surface area contributed by atoms with Gasteiger partial charge in [0.25, 0.3) is 0 Å². The Morgan fingerprint density at radius 1 is 0.769 bits per heavy atom. The summed E-state index contributed by atoms with van der Waals surface area (Å²) in [5, 5.41) is 3.45. The maximum atomic E-state index is 6.30. The lowest BCUT2D eigenvalue weighted by Crippen LogP contribution is -2.46. The fourth-order valence-corrected chi connectivity index (χ4v) is 5.74. The smallest absolute Gasteiger partial charge is 0.186 e. The first-order valence-electron chi connectivity index (χ1n) is 8.29. The minimum Gasteiger partial charge on any atom is -0.345 e. The van der Waals surface area contributed by atoms with Crippen molar-refractivity contribution in [2.75, 3.05) is 36.0 Å². The first-order chi connectivity index (χ1) is 12.7. The molecule has 8 heteroatoms. The van der Waals surface area contributed by atoms with Crippen LogP contribution in [0.25, 0.3) is 20.4 Å². The van der Waals surface area contributed by atoms with Gasteiger partial charge in [-0.1, -0.05) is 58.0 Å². The van der Waals surface area contributed by atoms with Crippen molar-refractivity contribution < 1.29 is 0 Å². The topological polar surface area (TPSA) is 32.3 Å². The third-order valence-corrected chi connectivity index (χ3v) is 7.52. The van der Waals surface area contributed by atoms with Crippen LogP contribution in [-0.4, -0.2) is 36.1 Å². The van der Waals surface area contributed by atoms with Crippen LogP contribution in [0.1, 0.15) is 0 Å². The molecule has 0 saturated carbocycles. The van der Waals surface area contributed by atoms with Crippen LogP contribution in [0.15, 0.2) is 36.4 Å². The van der Waals surface area contributed by atoms with E-state index in [2.05, 4.69) is 28.0 Å². The summed E-state index contributed by atoms with van der Waals surface area (Å²) in [5.74, 6) is 0. The molecule has 132 valence electrons. The Morgan fingerprint density at radius 2 is 1.42 bits per heavy atom. The van der Waals surface area contributed by atoms with E-state index in [1.165, 1.54) is 4.70 Å². The Hall–Kier alpha value is -1.60. The van der Waals surface area contributed by atoms with Gasteiger partial charge in [0, 0.05) is 26.2 Å². The van der Waals surface area contributed by atoms with E-state index in [1.54, 1.807) is 28.7 Å². The summed E-state index contributed by atoms with van der Waals surface area (Å²) in [5.41, 5.74) is 1.87. The highest BCUT2D eigenvalue weighted by atomic mass is 35.5. The van der Waals surface area contributed by atoms with Crippen LogP contribution in [0.2, 0.25) is 10.0 Å². The summed E-state index contributed by atoms with van der Waals surface area (Å²) >= 11 is 15.9. The second kappa shape index (κ2) is 6.53. The van der Waals surface area contributed by atoms with Crippen molar-refractivity contribution in [3.8, 4) is 0 Å². The molecule has 0 amide bonds. The summed E-state index contributed by atoms with van der Waals surface area (Å²) in [6, 6.07) is 11.9. The number of piperazine rings is 1. The molecule has 2 aromatic carbocycles.